The van der Waals surface area contributed by atoms with E-state index in [2.05, 4.69) is 42.7 Å². The van der Waals surface area contributed by atoms with Crippen molar-refractivity contribution in [2.75, 3.05) is 19.8 Å². The minimum Gasteiger partial charge on any atom is -0.480 e. The van der Waals surface area contributed by atoms with Gasteiger partial charge in [0.15, 0.2) is 6.10 Å². The van der Waals surface area contributed by atoms with E-state index in [1.807, 2.05) is 0 Å². The van der Waals surface area contributed by atoms with Gasteiger partial charge in [0.05, 0.1) is 13.2 Å². The summed E-state index contributed by atoms with van der Waals surface area (Å²) in [4.78, 5) is 46.2. The van der Waals surface area contributed by atoms with Gasteiger partial charge in [0.25, 0.3) is 0 Å². The van der Waals surface area contributed by atoms with Gasteiger partial charge in [-0.3, -0.25) is 23.4 Å². The maximum absolute atomic E-state index is 12.7. The van der Waals surface area contributed by atoms with E-state index in [4.69, 9.17) is 24.8 Å². The topological polar surface area (TPSA) is 172 Å². The van der Waals surface area contributed by atoms with Gasteiger partial charge in [-0.25, -0.2) is 4.57 Å². The molecule has 0 aliphatic carbocycles. The highest BCUT2D eigenvalue weighted by Crippen LogP contribution is 2.43. The van der Waals surface area contributed by atoms with Crippen LogP contribution >= 0.6 is 7.82 Å². The van der Waals surface area contributed by atoms with E-state index in [9.17, 15) is 23.8 Å². The van der Waals surface area contributed by atoms with Crippen molar-refractivity contribution in [2.45, 2.75) is 270 Å². The van der Waals surface area contributed by atoms with Crippen LogP contribution in [0.15, 0.2) is 24.3 Å². The molecule has 0 aromatic carbocycles. The van der Waals surface area contributed by atoms with Gasteiger partial charge in [0, 0.05) is 12.8 Å². The third kappa shape index (κ3) is 46.5. The molecule has 0 aliphatic rings. The molecule has 0 heterocycles. The highest BCUT2D eigenvalue weighted by atomic mass is 31.2. The van der Waals surface area contributed by atoms with Crippen LogP contribution < -0.4 is 5.73 Å². The molecule has 3 atom stereocenters. The van der Waals surface area contributed by atoms with Gasteiger partial charge in [-0.05, 0) is 44.9 Å². The zero-order chi connectivity index (χ0) is 47.0. The summed E-state index contributed by atoms with van der Waals surface area (Å²) < 4.78 is 32.8. The zero-order valence-electron chi connectivity index (χ0n) is 41.1. The lowest BCUT2D eigenvalue weighted by Gasteiger charge is -2.20. The Hall–Kier alpha value is -2.04. The summed E-state index contributed by atoms with van der Waals surface area (Å²) in [5.41, 5.74) is 5.35. The Morgan fingerprint density at radius 3 is 1.23 bits per heavy atom. The van der Waals surface area contributed by atoms with E-state index in [0.29, 0.717) is 19.3 Å². The maximum Gasteiger partial charge on any atom is 0.472 e. The summed E-state index contributed by atoms with van der Waals surface area (Å²) in [6, 6.07) is -1.53. The van der Waals surface area contributed by atoms with Crippen molar-refractivity contribution < 1.29 is 47.5 Å². The Bertz CT molecular complexity index is 1180. The fourth-order valence-electron chi connectivity index (χ4n) is 7.56. The molecule has 0 saturated carbocycles. The van der Waals surface area contributed by atoms with Gasteiger partial charge in [-0.15, -0.1) is 0 Å². The number of carboxylic acid groups (broad SMARTS) is 1. The molecule has 0 amide bonds. The average molecular weight is 928 g/mol. The lowest BCUT2D eigenvalue weighted by Crippen LogP contribution is -2.34. The monoisotopic (exact) mass is 928 g/mol. The number of aliphatic carboxylic acids is 1. The van der Waals surface area contributed by atoms with Crippen LogP contribution in [0.2, 0.25) is 0 Å². The number of hydrogen-bond donors (Lipinski definition) is 3. The van der Waals surface area contributed by atoms with Crippen LogP contribution in [0.4, 0.5) is 0 Å². The van der Waals surface area contributed by atoms with Gasteiger partial charge < -0.3 is 25.2 Å². The van der Waals surface area contributed by atoms with Crippen LogP contribution in [0.3, 0.4) is 0 Å². The van der Waals surface area contributed by atoms with E-state index >= 15 is 0 Å². The normalized spacial score (nSPS) is 13.7. The van der Waals surface area contributed by atoms with E-state index in [0.717, 1.165) is 38.5 Å². The summed E-state index contributed by atoms with van der Waals surface area (Å²) >= 11 is 0. The Morgan fingerprint density at radius 1 is 0.469 bits per heavy atom. The van der Waals surface area contributed by atoms with Gasteiger partial charge in [-0.1, -0.05) is 224 Å². The third-order valence-corrected chi connectivity index (χ3v) is 12.6. The van der Waals surface area contributed by atoms with E-state index in [1.54, 1.807) is 0 Å². The van der Waals surface area contributed by atoms with Crippen LogP contribution in [0.5, 0.6) is 0 Å². The van der Waals surface area contributed by atoms with Crippen LogP contribution in [-0.4, -0.2) is 59.9 Å². The highest BCUT2D eigenvalue weighted by Gasteiger charge is 2.28. The van der Waals surface area contributed by atoms with Crippen LogP contribution in [0, 0.1) is 0 Å². The third-order valence-electron chi connectivity index (χ3n) is 11.7. The molecule has 0 spiro atoms. The van der Waals surface area contributed by atoms with Crippen molar-refractivity contribution in [1.29, 1.82) is 0 Å². The quantitative estimate of drug-likeness (QED) is 0.0229. The van der Waals surface area contributed by atoms with Gasteiger partial charge in [-0.2, -0.15) is 0 Å². The molecular weight excluding hydrogens is 830 g/mol. The standard InChI is InChI=1S/C52H98NO10P/c1-3-5-7-9-11-13-15-17-19-21-22-23-24-25-26-28-30-32-34-36-38-40-42-44-51(55)63-48(46-61-64(58,59)62-47-49(53)52(56)57)45-60-50(54)43-41-39-37-35-33-31-29-27-20-18-16-14-12-10-8-6-4-2/h28,30,36,38,48-49H,3-27,29,31-35,37,39-47,53H2,1-2H3,(H,56,57)(H,58,59)/b30-28+,38-36+/t48-,49-/m0/s1. The molecule has 64 heavy (non-hydrogen) atoms. The summed E-state index contributed by atoms with van der Waals surface area (Å²) in [5, 5.41) is 8.92. The predicted molar refractivity (Wildman–Crippen MR) is 263 cm³/mol. The summed E-state index contributed by atoms with van der Waals surface area (Å²) in [5.74, 6) is -2.41. The molecule has 12 heteroatoms. The number of phosphoric acid groups is 1. The minimum absolute atomic E-state index is 0.105. The summed E-state index contributed by atoms with van der Waals surface area (Å²) in [7, 11) is -4.73. The van der Waals surface area contributed by atoms with Crippen molar-refractivity contribution >= 4 is 25.7 Å². The van der Waals surface area contributed by atoms with Crippen molar-refractivity contribution in [3.8, 4) is 0 Å². The lowest BCUT2D eigenvalue weighted by atomic mass is 10.0. The van der Waals surface area contributed by atoms with Crippen molar-refractivity contribution in [3.63, 3.8) is 0 Å². The van der Waals surface area contributed by atoms with Crippen molar-refractivity contribution in [1.82, 2.24) is 0 Å². The number of carboxylic acids is 1. The number of allylic oxidation sites excluding steroid dienone is 4. The second-order valence-electron chi connectivity index (χ2n) is 18.0. The number of phosphoric ester groups is 1. The number of esters is 2. The van der Waals surface area contributed by atoms with Gasteiger partial charge in [0.2, 0.25) is 0 Å². The Labute approximate surface area is 391 Å². The van der Waals surface area contributed by atoms with E-state index in [-0.39, 0.29) is 19.4 Å². The van der Waals surface area contributed by atoms with E-state index < -0.39 is 51.1 Å². The maximum atomic E-state index is 12.7. The molecule has 0 saturated heterocycles. The summed E-state index contributed by atoms with van der Waals surface area (Å²) in [6.07, 6.45) is 52.6. The SMILES string of the molecule is CCCCCCCCCCCCCCCC/C=C/CC/C=C/CCCC(=O)O[C@@H](COC(=O)CCCCCCCCCCCCCCCCCCC)COP(=O)(O)OC[C@H](N)C(=O)O. The number of unbranched alkanes of at least 4 members (excludes halogenated alkanes) is 32. The molecule has 0 bridgehead atoms. The lowest BCUT2D eigenvalue weighted by molar-refractivity contribution is -0.161. The molecule has 376 valence electrons. The first kappa shape index (κ1) is 62.0. The molecule has 0 radical (unpaired) electrons. The summed E-state index contributed by atoms with van der Waals surface area (Å²) in [6.45, 7) is 2.82. The zero-order valence-corrected chi connectivity index (χ0v) is 42.0. The smallest absolute Gasteiger partial charge is 0.472 e. The molecule has 0 aromatic rings. The van der Waals surface area contributed by atoms with Crippen LogP contribution in [-0.2, 0) is 37.5 Å². The number of ether oxygens (including phenoxy) is 2. The largest absolute Gasteiger partial charge is 0.480 e. The molecule has 4 N–H and O–H groups in total. The molecule has 0 aliphatic heterocycles. The Balaban J connectivity index is 4.25. The number of rotatable bonds is 50. The van der Waals surface area contributed by atoms with Gasteiger partial charge in [0.1, 0.15) is 12.6 Å². The number of nitrogens with two attached hydrogens (primary N) is 1. The average Bonchev–Trinajstić information content (AvgIpc) is 3.27. The molecular formula is C52H98NO10P. The fourth-order valence-corrected chi connectivity index (χ4v) is 8.34. The predicted octanol–water partition coefficient (Wildman–Crippen LogP) is 15.0. The van der Waals surface area contributed by atoms with Crippen LogP contribution in [0.25, 0.3) is 0 Å². The first-order chi connectivity index (χ1) is 31.1. The number of hydrogen-bond acceptors (Lipinski definition) is 9. The second-order valence-corrected chi connectivity index (χ2v) is 19.5. The molecule has 0 rings (SSSR count). The molecule has 0 aromatic heterocycles. The fraction of sp³-hybridized carbons (Fsp3) is 0.865. The second kappa shape index (κ2) is 47.5. The molecule has 11 nitrogen and oxygen atoms in total. The minimum atomic E-state index is -4.73. The van der Waals surface area contributed by atoms with Gasteiger partial charge >= 0.3 is 25.7 Å². The Morgan fingerprint density at radius 2 is 0.812 bits per heavy atom. The molecule has 1 unspecified atom stereocenters. The van der Waals surface area contributed by atoms with Crippen LogP contribution in [0.1, 0.15) is 258 Å². The van der Waals surface area contributed by atoms with Crippen molar-refractivity contribution in [3.05, 3.63) is 24.3 Å². The number of carbonyl (C=O) groups excluding carboxylic acids is 2. The first-order valence-corrected chi connectivity index (χ1v) is 27.9. The molecule has 0 fully saturated rings. The highest BCUT2D eigenvalue weighted by molar-refractivity contribution is 7.47. The first-order valence-electron chi connectivity index (χ1n) is 26.4. The van der Waals surface area contributed by atoms with E-state index in [1.165, 1.54) is 173 Å². The van der Waals surface area contributed by atoms with Crippen molar-refractivity contribution in [2.24, 2.45) is 5.73 Å². The Kier molecular flexibility index (Phi) is 45.9. The number of carbonyl (C=O) groups is 3.